The highest BCUT2D eigenvalue weighted by Crippen LogP contribution is 2.18. The number of hydrogen-bond acceptors (Lipinski definition) is 4. The average Bonchev–Trinajstić information content (AvgIpc) is 2.38. The molecule has 0 aliphatic rings. The Hall–Kier alpha value is 0.740. The van der Waals surface area contributed by atoms with Gasteiger partial charge in [0, 0.05) is 12.1 Å². The van der Waals surface area contributed by atoms with E-state index in [9.17, 15) is 0 Å². The van der Waals surface area contributed by atoms with Crippen molar-refractivity contribution in [3.05, 3.63) is 12.2 Å². The van der Waals surface area contributed by atoms with Gasteiger partial charge in [0.15, 0.2) is 0 Å². The molecule has 22 heavy (non-hydrogen) atoms. The number of nitrogens with one attached hydrogen (secondary N) is 2. The molecule has 0 rings (SSSR count). The van der Waals surface area contributed by atoms with Gasteiger partial charge in [-0.2, -0.15) is 0 Å². The molecule has 0 fully saturated rings. The van der Waals surface area contributed by atoms with E-state index >= 15 is 0 Å². The van der Waals surface area contributed by atoms with Crippen LogP contribution in [0.3, 0.4) is 0 Å². The van der Waals surface area contributed by atoms with Crippen LogP contribution in [-0.4, -0.2) is 38.3 Å². The Morgan fingerprint density at radius 3 is 1.59 bits per heavy atom. The van der Waals surface area contributed by atoms with Crippen LogP contribution < -0.4 is 22.1 Å². The maximum absolute atomic E-state index is 6.45. The largest absolute Gasteiger partial charge is 0.327 e. The van der Waals surface area contributed by atoms with Gasteiger partial charge in [0.1, 0.15) is 0 Å². The SMILES string of the molecule is CCNCCCC(N)(C=CCN)CCCNCC.Cl.Cl.Cl.Cl. The van der Waals surface area contributed by atoms with E-state index in [1.807, 2.05) is 6.08 Å². The molecule has 0 aromatic heterocycles. The Balaban J connectivity index is -0.000000241. The van der Waals surface area contributed by atoms with Crippen LogP contribution in [-0.2, 0) is 0 Å². The van der Waals surface area contributed by atoms with Crippen molar-refractivity contribution in [2.75, 3.05) is 32.7 Å². The maximum atomic E-state index is 6.45. The molecule has 0 bridgehead atoms. The Bertz CT molecular complexity index is 207. The third-order valence-corrected chi connectivity index (χ3v) is 3.08. The van der Waals surface area contributed by atoms with E-state index < -0.39 is 0 Å². The Labute approximate surface area is 161 Å². The van der Waals surface area contributed by atoms with Gasteiger partial charge in [-0.3, -0.25) is 0 Å². The number of hydrogen-bond donors (Lipinski definition) is 4. The van der Waals surface area contributed by atoms with Crippen LogP contribution in [0.1, 0.15) is 39.5 Å². The normalized spacial score (nSPS) is 10.2. The van der Waals surface area contributed by atoms with Gasteiger partial charge >= 0.3 is 0 Å². The van der Waals surface area contributed by atoms with Crippen molar-refractivity contribution >= 4 is 49.6 Å². The Morgan fingerprint density at radius 1 is 0.864 bits per heavy atom. The van der Waals surface area contributed by atoms with Gasteiger partial charge in [-0.1, -0.05) is 26.0 Å². The van der Waals surface area contributed by atoms with E-state index in [0.717, 1.165) is 51.9 Å². The minimum Gasteiger partial charge on any atom is -0.327 e. The molecule has 6 N–H and O–H groups in total. The Kier molecular flexibility index (Phi) is 37.3. The summed E-state index contributed by atoms with van der Waals surface area (Å²) in [7, 11) is 0. The molecule has 0 unspecified atom stereocenters. The summed E-state index contributed by atoms with van der Waals surface area (Å²) in [5.41, 5.74) is 11.8. The topological polar surface area (TPSA) is 76.1 Å². The number of nitrogens with two attached hydrogens (primary N) is 2. The first-order valence-corrected chi connectivity index (χ1v) is 7.26. The summed E-state index contributed by atoms with van der Waals surface area (Å²) in [5.74, 6) is 0. The molecule has 0 saturated carbocycles. The predicted octanol–water partition coefficient (Wildman–Crippen LogP) is 2.67. The lowest BCUT2D eigenvalue weighted by atomic mass is 9.88. The summed E-state index contributed by atoms with van der Waals surface area (Å²) >= 11 is 0. The molecular formula is C14H36Cl4N4. The molecule has 0 saturated heterocycles. The molecule has 8 heteroatoms. The fourth-order valence-corrected chi connectivity index (χ4v) is 2.03. The van der Waals surface area contributed by atoms with Gasteiger partial charge in [0.25, 0.3) is 0 Å². The zero-order valence-corrected chi connectivity index (χ0v) is 17.1. The second kappa shape index (κ2) is 24.0. The second-order valence-corrected chi connectivity index (χ2v) is 4.79. The third-order valence-electron chi connectivity index (χ3n) is 3.08. The van der Waals surface area contributed by atoms with Gasteiger partial charge in [0.2, 0.25) is 0 Å². The van der Waals surface area contributed by atoms with E-state index in [1.54, 1.807) is 0 Å². The highest BCUT2D eigenvalue weighted by Gasteiger charge is 2.20. The zero-order chi connectivity index (χ0) is 13.7. The lowest BCUT2D eigenvalue weighted by Gasteiger charge is -2.26. The fraction of sp³-hybridized carbons (Fsp3) is 0.857. The quantitative estimate of drug-likeness (QED) is 0.299. The highest BCUT2D eigenvalue weighted by atomic mass is 35.5. The molecule has 140 valence electrons. The Morgan fingerprint density at radius 2 is 1.27 bits per heavy atom. The van der Waals surface area contributed by atoms with E-state index in [2.05, 4.69) is 30.6 Å². The van der Waals surface area contributed by atoms with E-state index in [4.69, 9.17) is 11.5 Å². The van der Waals surface area contributed by atoms with E-state index in [-0.39, 0.29) is 55.2 Å². The monoisotopic (exact) mass is 400 g/mol. The molecule has 0 aliphatic heterocycles. The van der Waals surface area contributed by atoms with Crippen molar-refractivity contribution in [3.8, 4) is 0 Å². The number of rotatable bonds is 12. The van der Waals surface area contributed by atoms with Crippen LogP contribution in [0.15, 0.2) is 12.2 Å². The van der Waals surface area contributed by atoms with Crippen molar-refractivity contribution < 1.29 is 0 Å². The molecule has 4 nitrogen and oxygen atoms in total. The van der Waals surface area contributed by atoms with Crippen LogP contribution in [0.2, 0.25) is 0 Å². The van der Waals surface area contributed by atoms with Gasteiger partial charge in [-0.15, -0.1) is 49.6 Å². The highest BCUT2D eigenvalue weighted by molar-refractivity contribution is 5.86. The summed E-state index contributed by atoms with van der Waals surface area (Å²) in [4.78, 5) is 0. The van der Waals surface area contributed by atoms with Crippen LogP contribution in [0.5, 0.6) is 0 Å². The first kappa shape index (κ1) is 34.2. The zero-order valence-electron chi connectivity index (χ0n) is 13.8. The summed E-state index contributed by atoms with van der Waals surface area (Å²) in [6.07, 6.45) is 8.34. The van der Waals surface area contributed by atoms with Crippen LogP contribution in [0.4, 0.5) is 0 Å². The van der Waals surface area contributed by atoms with Gasteiger partial charge in [0.05, 0.1) is 0 Å². The smallest absolute Gasteiger partial charge is 0.0340 e. The van der Waals surface area contributed by atoms with Crippen LogP contribution in [0.25, 0.3) is 0 Å². The van der Waals surface area contributed by atoms with Crippen LogP contribution >= 0.6 is 49.6 Å². The van der Waals surface area contributed by atoms with Crippen LogP contribution in [0, 0.1) is 0 Å². The van der Waals surface area contributed by atoms with Crippen molar-refractivity contribution in [2.45, 2.75) is 45.1 Å². The van der Waals surface area contributed by atoms with Gasteiger partial charge < -0.3 is 22.1 Å². The van der Waals surface area contributed by atoms with Crippen molar-refractivity contribution in [2.24, 2.45) is 11.5 Å². The minimum absolute atomic E-state index is 0. The second-order valence-electron chi connectivity index (χ2n) is 4.79. The first-order chi connectivity index (χ1) is 8.68. The molecule has 0 amide bonds. The minimum atomic E-state index is -0.190. The third kappa shape index (κ3) is 20.7. The lowest BCUT2D eigenvalue weighted by Crippen LogP contribution is -2.39. The summed E-state index contributed by atoms with van der Waals surface area (Å²) in [5, 5.41) is 6.67. The lowest BCUT2D eigenvalue weighted by molar-refractivity contribution is 0.413. The summed E-state index contributed by atoms with van der Waals surface area (Å²) in [6.45, 7) is 8.95. The molecular weight excluding hydrogens is 366 g/mol. The summed E-state index contributed by atoms with van der Waals surface area (Å²) in [6, 6.07) is 0. The molecule has 0 aromatic rings. The van der Waals surface area contributed by atoms with Crippen molar-refractivity contribution in [1.82, 2.24) is 10.6 Å². The number of halogens is 4. The fourth-order valence-electron chi connectivity index (χ4n) is 2.03. The maximum Gasteiger partial charge on any atom is 0.0340 e. The van der Waals surface area contributed by atoms with Gasteiger partial charge in [-0.05, 0) is 51.9 Å². The average molecular weight is 402 g/mol. The van der Waals surface area contributed by atoms with Crippen molar-refractivity contribution in [3.63, 3.8) is 0 Å². The summed E-state index contributed by atoms with van der Waals surface area (Å²) < 4.78 is 0. The standard InChI is InChI=1S/C14H32N4.4ClH/c1-3-17-12-6-9-14(16,8-5-11-15)10-7-13-18-4-2;;;;/h5,8,17-18H,3-4,6-7,9-13,15-16H2,1-2H3;4*1H. The van der Waals surface area contributed by atoms with E-state index in [0.29, 0.717) is 6.54 Å². The molecule has 0 aliphatic carbocycles. The molecule has 0 spiro atoms. The molecule has 0 radical (unpaired) electrons. The first-order valence-electron chi connectivity index (χ1n) is 7.26. The van der Waals surface area contributed by atoms with E-state index in [1.165, 1.54) is 0 Å². The molecule has 0 atom stereocenters. The van der Waals surface area contributed by atoms with Crippen molar-refractivity contribution in [1.29, 1.82) is 0 Å². The molecule has 0 aromatic carbocycles. The molecule has 0 heterocycles. The van der Waals surface area contributed by atoms with Gasteiger partial charge in [-0.25, -0.2) is 0 Å². The predicted molar refractivity (Wildman–Crippen MR) is 110 cm³/mol.